The standard InChI is InChI=1S/C19H16N4O3/c1-13(22-19(24)17-4-2-3-5-18(17)23(25)26)14-6-8-15(9-7-14)16-10-20-12-21-11-16/h2-13H,1H3,(H,22,24)/t13-/m1/s1. The Kier molecular flexibility index (Phi) is 4.98. The summed E-state index contributed by atoms with van der Waals surface area (Å²) in [6.45, 7) is 1.83. The van der Waals surface area contributed by atoms with Gasteiger partial charge < -0.3 is 5.32 Å². The zero-order valence-electron chi connectivity index (χ0n) is 14.0. The van der Waals surface area contributed by atoms with E-state index in [4.69, 9.17) is 0 Å². The number of nitrogens with zero attached hydrogens (tertiary/aromatic N) is 3. The Labute approximate surface area is 149 Å². The molecule has 0 unspecified atom stereocenters. The largest absolute Gasteiger partial charge is 0.345 e. The summed E-state index contributed by atoms with van der Waals surface area (Å²) in [5.74, 6) is -0.481. The van der Waals surface area contributed by atoms with Crippen LogP contribution in [0.25, 0.3) is 11.1 Å². The third-order valence-electron chi connectivity index (χ3n) is 4.00. The molecule has 1 N–H and O–H groups in total. The van der Waals surface area contributed by atoms with Crippen molar-refractivity contribution in [1.29, 1.82) is 0 Å². The second-order valence-electron chi connectivity index (χ2n) is 5.72. The lowest BCUT2D eigenvalue weighted by molar-refractivity contribution is -0.385. The van der Waals surface area contributed by atoms with Gasteiger partial charge in [-0.25, -0.2) is 9.97 Å². The van der Waals surface area contributed by atoms with Crippen molar-refractivity contribution >= 4 is 11.6 Å². The second kappa shape index (κ2) is 7.52. The maximum absolute atomic E-state index is 12.4. The van der Waals surface area contributed by atoms with E-state index in [2.05, 4.69) is 15.3 Å². The molecule has 0 radical (unpaired) electrons. The first-order valence-corrected chi connectivity index (χ1v) is 7.96. The van der Waals surface area contributed by atoms with E-state index in [1.165, 1.54) is 24.5 Å². The Balaban J connectivity index is 1.75. The topological polar surface area (TPSA) is 98.0 Å². The molecule has 1 atom stereocenters. The average Bonchev–Trinajstić information content (AvgIpc) is 2.68. The molecule has 0 fully saturated rings. The molecule has 7 nitrogen and oxygen atoms in total. The number of carbonyl (C=O) groups is 1. The van der Waals surface area contributed by atoms with Gasteiger partial charge in [0.05, 0.1) is 11.0 Å². The molecular weight excluding hydrogens is 332 g/mol. The number of aromatic nitrogens is 2. The Bertz CT molecular complexity index is 927. The van der Waals surface area contributed by atoms with Gasteiger partial charge in [-0.2, -0.15) is 0 Å². The van der Waals surface area contributed by atoms with E-state index in [0.717, 1.165) is 16.7 Å². The van der Waals surface area contributed by atoms with E-state index >= 15 is 0 Å². The van der Waals surface area contributed by atoms with Crippen molar-refractivity contribution in [3.05, 3.63) is 88.5 Å². The third kappa shape index (κ3) is 3.72. The fraction of sp³-hybridized carbons (Fsp3) is 0.105. The molecule has 0 spiro atoms. The number of nitro groups is 1. The molecule has 0 aliphatic heterocycles. The molecule has 1 aromatic heterocycles. The number of amides is 1. The molecule has 0 aliphatic carbocycles. The third-order valence-corrected chi connectivity index (χ3v) is 4.00. The van der Waals surface area contributed by atoms with Gasteiger partial charge >= 0.3 is 0 Å². The Morgan fingerprint density at radius 3 is 2.35 bits per heavy atom. The van der Waals surface area contributed by atoms with Crippen molar-refractivity contribution < 1.29 is 9.72 Å². The van der Waals surface area contributed by atoms with Crippen LogP contribution in [0.2, 0.25) is 0 Å². The fourth-order valence-electron chi connectivity index (χ4n) is 2.59. The number of hydrogen-bond donors (Lipinski definition) is 1. The lowest BCUT2D eigenvalue weighted by Gasteiger charge is -2.15. The molecule has 1 amide bonds. The summed E-state index contributed by atoms with van der Waals surface area (Å²) in [7, 11) is 0. The van der Waals surface area contributed by atoms with Crippen molar-refractivity contribution in [2.75, 3.05) is 0 Å². The normalized spacial score (nSPS) is 11.6. The molecule has 2 aromatic carbocycles. The SMILES string of the molecule is C[C@@H](NC(=O)c1ccccc1[N+](=O)[O-])c1ccc(-c2cncnc2)cc1. The van der Waals surface area contributed by atoms with E-state index in [9.17, 15) is 14.9 Å². The van der Waals surface area contributed by atoms with Crippen molar-refractivity contribution in [2.45, 2.75) is 13.0 Å². The van der Waals surface area contributed by atoms with Gasteiger partial charge in [0.15, 0.2) is 0 Å². The predicted octanol–water partition coefficient (Wildman–Crippen LogP) is 3.54. The van der Waals surface area contributed by atoms with Crippen LogP contribution in [0.3, 0.4) is 0 Å². The summed E-state index contributed by atoms with van der Waals surface area (Å²) in [5.41, 5.74) is 2.58. The van der Waals surface area contributed by atoms with Crippen LogP contribution in [0.5, 0.6) is 0 Å². The molecule has 26 heavy (non-hydrogen) atoms. The maximum atomic E-state index is 12.4. The van der Waals surface area contributed by atoms with Crippen LogP contribution in [-0.4, -0.2) is 20.8 Å². The number of benzene rings is 2. The summed E-state index contributed by atoms with van der Waals surface area (Å²) in [6, 6.07) is 13.2. The summed E-state index contributed by atoms with van der Waals surface area (Å²) in [6.07, 6.45) is 4.92. The van der Waals surface area contributed by atoms with Gasteiger partial charge in [-0.05, 0) is 24.1 Å². The highest BCUT2D eigenvalue weighted by atomic mass is 16.6. The molecular formula is C19H16N4O3. The van der Waals surface area contributed by atoms with Crippen molar-refractivity contribution in [2.24, 2.45) is 0 Å². The van der Waals surface area contributed by atoms with Crippen LogP contribution in [0.1, 0.15) is 28.9 Å². The first-order valence-electron chi connectivity index (χ1n) is 7.96. The Morgan fingerprint density at radius 2 is 1.69 bits per heavy atom. The zero-order chi connectivity index (χ0) is 18.5. The molecule has 3 rings (SSSR count). The summed E-state index contributed by atoms with van der Waals surface area (Å²) >= 11 is 0. The minimum absolute atomic E-state index is 0.0439. The summed E-state index contributed by atoms with van der Waals surface area (Å²) < 4.78 is 0. The number of nitrogens with one attached hydrogen (secondary N) is 1. The summed E-state index contributed by atoms with van der Waals surface area (Å²) in [5, 5.41) is 13.9. The summed E-state index contributed by atoms with van der Waals surface area (Å²) in [4.78, 5) is 30.9. The van der Waals surface area contributed by atoms with E-state index in [1.54, 1.807) is 18.5 Å². The Hall–Kier alpha value is -3.61. The van der Waals surface area contributed by atoms with Crippen molar-refractivity contribution in [1.82, 2.24) is 15.3 Å². The van der Waals surface area contributed by atoms with Crippen LogP contribution < -0.4 is 5.32 Å². The minimum atomic E-state index is -0.559. The van der Waals surface area contributed by atoms with Crippen LogP contribution in [0.15, 0.2) is 67.3 Å². The molecule has 0 aliphatic rings. The lowest BCUT2D eigenvalue weighted by atomic mass is 10.0. The molecule has 3 aromatic rings. The highest BCUT2D eigenvalue weighted by molar-refractivity contribution is 5.98. The number of carbonyl (C=O) groups excluding carboxylic acids is 1. The second-order valence-corrected chi connectivity index (χ2v) is 5.72. The maximum Gasteiger partial charge on any atom is 0.282 e. The highest BCUT2D eigenvalue weighted by Crippen LogP contribution is 2.22. The van der Waals surface area contributed by atoms with Crippen LogP contribution in [0.4, 0.5) is 5.69 Å². The minimum Gasteiger partial charge on any atom is -0.345 e. The first-order chi connectivity index (χ1) is 12.6. The van der Waals surface area contributed by atoms with Gasteiger partial charge in [0.1, 0.15) is 11.9 Å². The smallest absolute Gasteiger partial charge is 0.282 e. The molecule has 1 heterocycles. The van der Waals surface area contributed by atoms with Gasteiger partial charge in [-0.15, -0.1) is 0 Å². The van der Waals surface area contributed by atoms with Gasteiger partial charge in [-0.1, -0.05) is 36.4 Å². The van der Waals surface area contributed by atoms with Gasteiger partial charge in [0, 0.05) is 24.0 Å². The van der Waals surface area contributed by atoms with E-state index in [-0.39, 0.29) is 17.3 Å². The van der Waals surface area contributed by atoms with E-state index in [0.29, 0.717) is 0 Å². The zero-order valence-corrected chi connectivity index (χ0v) is 14.0. The quantitative estimate of drug-likeness (QED) is 0.562. The monoisotopic (exact) mass is 348 g/mol. The van der Waals surface area contributed by atoms with Gasteiger partial charge in [0.2, 0.25) is 0 Å². The number of hydrogen-bond acceptors (Lipinski definition) is 5. The number of rotatable bonds is 5. The van der Waals surface area contributed by atoms with E-state index < -0.39 is 10.8 Å². The van der Waals surface area contributed by atoms with Crippen LogP contribution >= 0.6 is 0 Å². The van der Waals surface area contributed by atoms with Gasteiger partial charge in [-0.3, -0.25) is 14.9 Å². The molecule has 130 valence electrons. The number of para-hydroxylation sites is 1. The van der Waals surface area contributed by atoms with Crippen LogP contribution in [0, 0.1) is 10.1 Å². The predicted molar refractivity (Wildman–Crippen MR) is 96.4 cm³/mol. The molecule has 7 heteroatoms. The molecule has 0 saturated carbocycles. The van der Waals surface area contributed by atoms with Crippen molar-refractivity contribution in [3.63, 3.8) is 0 Å². The number of nitro benzene ring substituents is 1. The van der Waals surface area contributed by atoms with Gasteiger partial charge in [0.25, 0.3) is 11.6 Å². The van der Waals surface area contributed by atoms with Crippen LogP contribution in [-0.2, 0) is 0 Å². The fourth-order valence-corrected chi connectivity index (χ4v) is 2.59. The van der Waals surface area contributed by atoms with Crippen molar-refractivity contribution in [3.8, 4) is 11.1 Å². The first kappa shape index (κ1) is 17.2. The highest BCUT2D eigenvalue weighted by Gasteiger charge is 2.20. The Morgan fingerprint density at radius 1 is 1.04 bits per heavy atom. The lowest BCUT2D eigenvalue weighted by Crippen LogP contribution is -2.27. The molecule has 0 bridgehead atoms. The van der Waals surface area contributed by atoms with E-state index in [1.807, 2.05) is 31.2 Å². The molecule has 0 saturated heterocycles. The average molecular weight is 348 g/mol.